The van der Waals surface area contributed by atoms with E-state index in [1.54, 1.807) is 24.5 Å². The van der Waals surface area contributed by atoms with Crippen LogP contribution >= 0.6 is 11.6 Å². The summed E-state index contributed by atoms with van der Waals surface area (Å²) in [7, 11) is -1.14. The predicted octanol–water partition coefficient (Wildman–Crippen LogP) is 5.20. The van der Waals surface area contributed by atoms with E-state index in [0.29, 0.717) is 35.0 Å². The van der Waals surface area contributed by atoms with Crippen molar-refractivity contribution in [1.82, 2.24) is 14.5 Å². The van der Waals surface area contributed by atoms with Gasteiger partial charge in [-0.1, -0.05) is 31.2 Å². The molecule has 3 heterocycles. The highest BCUT2D eigenvalue weighted by atomic mass is 35.5. The van der Waals surface area contributed by atoms with Crippen LogP contribution in [0.15, 0.2) is 36.8 Å². The third-order valence-corrected chi connectivity index (χ3v) is 5.97. The Labute approximate surface area is 152 Å². The topological polar surface area (TPSA) is 39.9 Å². The summed E-state index contributed by atoms with van der Waals surface area (Å²) in [5.74, 6) is -0.388. The minimum Gasteiger partial charge on any atom is -0.361 e. The molecule has 0 unspecified atom stereocenters. The molecule has 0 saturated heterocycles. The standard InChI is InChI=1S/C18H21ClFN3OSi/c1-25(2,3)10-9-24-12-23-11-13(17-15(20)5-4-7-21-17)16-14(19)6-8-22-18(16)23/h4-8,11H,9-10,12H2,1-3H3. The maximum Gasteiger partial charge on any atom is 0.149 e. The Morgan fingerprint density at radius 2 is 2.00 bits per heavy atom. The molecule has 0 atom stereocenters. The van der Waals surface area contributed by atoms with Crippen molar-refractivity contribution in [2.75, 3.05) is 6.61 Å². The highest BCUT2D eigenvalue weighted by molar-refractivity contribution is 6.76. The lowest BCUT2D eigenvalue weighted by molar-refractivity contribution is 0.0899. The number of fused-ring (bicyclic) bond motifs is 1. The first-order valence-electron chi connectivity index (χ1n) is 8.19. The zero-order valence-electron chi connectivity index (χ0n) is 14.6. The van der Waals surface area contributed by atoms with Crippen LogP contribution < -0.4 is 0 Å². The van der Waals surface area contributed by atoms with Crippen molar-refractivity contribution in [3.05, 3.63) is 47.6 Å². The van der Waals surface area contributed by atoms with E-state index in [2.05, 4.69) is 29.6 Å². The molecule has 3 rings (SSSR count). The lowest BCUT2D eigenvalue weighted by atomic mass is 10.1. The minimum absolute atomic E-state index is 0.267. The molecule has 4 nitrogen and oxygen atoms in total. The molecule has 0 fully saturated rings. The van der Waals surface area contributed by atoms with Crippen LogP contribution in [0.4, 0.5) is 4.39 Å². The summed E-state index contributed by atoms with van der Waals surface area (Å²) >= 11 is 6.36. The van der Waals surface area contributed by atoms with E-state index in [-0.39, 0.29) is 11.5 Å². The van der Waals surface area contributed by atoms with Crippen LogP contribution in [-0.2, 0) is 11.5 Å². The van der Waals surface area contributed by atoms with Gasteiger partial charge >= 0.3 is 0 Å². The quantitative estimate of drug-likeness (QED) is 0.437. The molecular formula is C18H21ClFN3OSi. The number of ether oxygens (including phenoxy) is 1. The highest BCUT2D eigenvalue weighted by Crippen LogP contribution is 2.34. The summed E-state index contributed by atoms with van der Waals surface area (Å²) < 4.78 is 21.9. The number of nitrogens with zero attached hydrogens (tertiary/aromatic N) is 3. The maximum absolute atomic E-state index is 14.2. The molecule has 3 aromatic heterocycles. The summed E-state index contributed by atoms with van der Waals surface area (Å²) in [6.45, 7) is 7.98. The third kappa shape index (κ3) is 4.08. The fourth-order valence-corrected chi connectivity index (χ4v) is 3.58. The van der Waals surface area contributed by atoms with Gasteiger partial charge in [-0.15, -0.1) is 0 Å². The Balaban J connectivity index is 1.95. The van der Waals surface area contributed by atoms with Crippen molar-refractivity contribution in [2.45, 2.75) is 32.4 Å². The minimum atomic E-state index is -1.14. The van der Waals surface area contributed by atoms with Crippen molar-refractivity contribution in [2.24, 2.45) is 0 Å². The van der Waals surface area contributed by atoms with Crippen LogP contribution in [0, 0.1) is 5.82 Å². The van der Waals surface area contributed by atoms with Crippen LogP contribution in [-0.4, -0.2) is 29.2 Å². The molecule has 0 spiro atoms. The molecule has 132 valence electrons. The summed E-state index contributed by atoms with van der Waals surface area (Å²) in [5, 5.41) is 1.21. The Bertz CT molecular complexity index is 892. The van der Waals surface area contributed by atoms with Crippen molar-refractivity contribution in [3.63, 3.8) is 0 Å². The van der Waals surface area contributed by atoms with E-state index in [1.807, 2.05) is 10.8 Å². The predicted molar refractivity (Wildman–Crippen MR) is 102 cm³/mol. The lowest BCUT2D eigenvalue weighted by Gasteiger charge is -2.15. The van der Waals surface area contributed by atoms with Crippen LogP contribution in [0.3, 0.4) is 0 Å². The fraction of sp³-hybridized carbons (Fsp3) is 0.333. The number of halogens is 2. The molecule has 3 aromatic rings. The van der Waals surface area contributed by atoms with Gasteiger partial charge in [-0.25, -0.2) is 9.37 Å². The van der Waals surface area contributed by atoms with E-state index in [9.17, 15) is 4.39 Å². The lowest BCUT2D eigenvalue weighted by Crippen LogP contribution is -2.22. The van der Waals surface area contributed by atoms with Crippen molar-refractivity contribution < 1.29 is 9.13 Å². The van der Waals surface area contributed by atoms with Gasteiger partial charge in [-0.05, 0) is 24.2 Å². The Kier molecular flexibility index (Phi) is 5.22. The summed E-state index contributed by atoms with van der Waals surface area (Å²) in [4.78, 5) is 8.57. The summed E-state index contributed by atoms with van der Waals surface area (Å²) in [5.41, 5.74) is 1.56. The summed E-state index contributed by atoms with van der Waals surface area (Å²) in [6.07, 6.45) is 5.02. The molecule has 0 N–H and O–H groups in total. The monoisotopic (exact) mass is 377 g/mol. The van der Waals surface area contributed by atoms with Gasteiger partial charge in [-0.3, -0.25) is 4.98 Å². The first-order valence-corrected chi connectivity index (χ1v) is 12.3. The van der Waals surface area contributed by atoms with E-state index >= 15 is 0 Å². The third-order valence-electron chi connectivity index (χ3n) is 3.95. The molecule has 0 bridgehead atoms. The average molecular weight is 378 g/mol. The van der Waals surface area contributed by atoms with Crippen molar-refractivity contribution in [3.8, 4) is 11.3 Å². The fourth-order valence-electron chi connectivity index (χ4n) is 2.58. The number of pyridine rings is 2. The Morgan fingerprint density at radius 3 is 2.72 bits per heavy atom. The van der Waals surface area contributed by atoms with E-state index in [0.717, 1.165) is 6.04 Å². The second-order valence-corrected chi connectivity index (χ2v) is 13.2. The van der Waals surface area contributed by atoms with Gasteiger partial charge in [0.2, 0.25) is 0 Å². The highest BCUT2D eigenvalue weighted by Gasteiger charge is 2.18. The van der Waals surface area contributed by atoms with Gasteiger partial charge in [0.05, 0.1) is 5.02 Å². The molecule has 0 radical (unpaired) electrons. The summed E-state index contributed by atoms with van der Waals surface area (Å²) in [6, 6.07) is 5.74. The first-order chi connectivity index (χ1) is 11.9. The molecule has 0 amide bonds. The molecule has 7 heteroatoms. The Hall–Kier alpha value is -1.76. The number of rotatable bonds is 6. The molecule has 0 aliphatic rings. The molecule has 0 aliphatic carbocycles. The normalized spacial score (nSPS) is 12.0. The van der Waals surface area contributed by atoms with Gasteiger partial charge in [0, 0.05) is 44.2 Å². The van der Waals surface area contributed by atoms with E-state index < -0.39 is 8.07 Å². The molecule has 25 heavy (non-hydrogen) atoms. The van der Waals surface area contributed by atoms with Gasteiger partial charge < -0.3 is 9.30 Å². The number of aromatic nitrogens is 3. The number of hydrogen-bond acceptors (Lipinski definition) is 3. The van der Waals surface area contributed by atoms with Crippen LogP contribution in [0.1, 0.15) is 0 Å². The first kappa shape index (κ1) is 18.0. The molecular weight excluding hydrogens is 357 g/mol. The second kappa shape index (κ2) is 7.23. The molecule has 0 saturated carbocycles. The van der Waals surface area contributed by atoms with Crippen molar-refractivity contribution >= 4 is 30.7 Å². The SMILES string of the molecule is C[Si](C)(C)CCOCn1cc(-c2ncccc2F)c2c(Cl)ccnc21. The van der Waals surface area contributed by atoms with Crippen LogP contribution in [0.5, 0.6) is 0 Å². The van der Waals surface area contributed by atoms with Gasteiger partial charge in [0.25, 0.3) is 0 Å². The second-order valence-electron chi connectivity index (χ2n) is 7.19. The van der Waals surface area contributed by atoms with Crippen molar-refractivity contribution in [1.29, 1.82) is 0 Å². The van der Waals surface area contributed by atoms with Gasteiger partial charge in [0.1, 0.15) is 23.9 Å². The van der Waals surface area contributed by atoms with E-state index in [1.165, 1.54) is 6.07 Å². The van der Waals surface area contributed by atoms with Gasteiger partial charge in [0.15, 0.2) is 0 Å². The smallest absolute Gasteiger partial charge is 0.149 e. The average Bonchev–Trinajstić information content (AvgIpc) is 2.91. The molecule has 0 aliphatic heterocycles. The zero-order chi connectivity index (χ0) is 18.0. The number of hydrogen-bond donors (Lipinski definition) is 0. The maximum atomic E-state index is 14.2. The Morgan fingerprint density at radius 1 is 1.20 bits per heavy atom. The van der Waals surface area contributed by atoms with Crippen LogP contribution in [0.2, 0.25) is 30.7 Å². The largest absolute Gasteiger partial charge is 0.361 e. The molecule has 0 aromatic carbocycles. The zero-order valence-corrected chi connectivity index (χ0v) is 16.3. The van der Waals surface area contributed by atoms with Gasteiger partial charge in [-0.2, -0.15) is 0 Å². The van der Waals surface area contributed by atoms with E-state index in [4.69, 9.17) is 16.3 Å². The van der Waals surface area contributed by atoms with Crippen LogP contribution in [0.25, 0.3) is 22.3 Å².